The monoisotopic (exact) mass is 505 g/mol. The van der Waals surface area contributed by atoms with Gasteiger partial charge in [0, 0.05) is 36.5 Å². The number of likely N-dealkylation sites (tertiary alicyclic amines) is 1. The van der Waals surface area contributed by atoms with Crippen LogP contribution < -0.4 is 16.8 Å². The van der Waals surface area contributed by atoms with Crippen LogP contribution >= 0.6 is 11.6 Å². The summed E-state index contributed by atoms with van der Waals surface area (Å²) in [5.41, 5.74) is 17.8. The standard InChI is InChI=1S/C26H32ClN9/c1-16-11-23(33-26-32-14-22(27)25(35-26)34-24(29)12-18(3)28)17(2)10-21(16)19-4-8-36(9-5-19)15-20-13-30-6-7-31-20/h6-7,10-14,19H,4-5,8-9,15,28H2,1-3H3,(H3,29,32,33,34,35)/b18-12-. The molecule has 0 bridgehead atoms. The molecular weight excluding hydrogens is 474 g/mol. The highest BCUT2D eigenvalue weighted by molar-refractivity contribution is 6.32. The minimum Gasteiger partial charge on any atom is -0.402 e. The first kappa shape index (κ1) is 25.5. The Bertz CT molecular complexity index is 1260. The van der Waals surface area contributed by atoms with E-state index < -0.39 is 0 Å². The van der Waals surface area contributed by atoms with Gasteiger partial charge in [0.05, 0.1) is 11.9 Å². The van der Waals surface area contributed by atoms with Gasteiger partial charge >= 0.3 is 0 Å². The summed E-state index contributed by atoms with van der Waals surface area (Å²) in [6.07, 6.45) is 10.6. The van der Waals surface area contributed by atoms with Crippen molar-refractivity contribution < 1.29 is 0 Å². The maximum absolute atomic E-state index is 6.22. The highest BCUT2D eigenvalue weighted by Gasteiger charge is 2.23. The number of aryl methyl sites for hydroxylation is 2. The molecular formula is C26H32ClN9. The number of aromatic nitrogens is 4. The molecule has 0 aliphatic carbocycles. The Morgan fingerprint density at radius 2 is 1.92 bits per heavy atom. The summed E-state index contributed by atoms with van der Waals surface area (Å²) in [5.74, 6) is 1.43. The Morgan fingerprint density at radius 1 is 1.14 bits per heavy atom. The lowest BCUT2D eigenvalue weighted by Crippen LogP contribution is -2.33. The number of halogens is 1. The average molecular weight is 506 g/mol. The second-order valence-corrected chi connectivity index (χ2v) is 9.59. The van der Waals surface area contributed by atoms with Crippen molar-refractivity contribution in [3.05, 3.63) is 76.1 Å². The molecule has 0 atom stereocenters. The SMILES string of the molecule is C/C(N)=C/C(N)=Nc1nc(Nc2cc(C)c(C3CCN(Cc4cnccn4)CC3)cc2C)ncc1Cl. The molecule has 9 nitrogen and oxygen atoms in total. The summed E-state index contributed by atoms with van der Waals surface area (Å²) in [4.78, 5) is 24.0. The van der Waals surface area contributed by atoms with Crippen molar-refractivity contribution in [1.29, 1.82) is 0 Å². The highest BCUT2D eigenvalue weighted by atomic mass is 35.5. The van der Waals surface area contributed by atoms with Crippen LogP contribution in [0.2, 0.25) is 5.02 Å². The van der Waals surface area contributed by atoms with Gasteiger partial charge in [-0.2, -0.15) is 4.98 Å². The van der Waals surface area contributed by atoms with Crippen LogP contribution in [0.15, 0.2) is 53.7 Å². The maximum atomic E-state index is 6.22. The van der Waals surface area contributed by atoms with Crippen LogP contribution in [0.5, 0.6) is 0 Å². The zero-order valence-electron chi connectivity index (χ0n) is 20.9. The van der Waals surface area contributed by atoms with Crippen molar-refractivity contribution in [3.63, 3.8) is 0 Å². The third-order valence-electron chi connectivity index (χ3n) is 6.23. The molecule has 1 aromatic carbocycles. The molecule has 1 fully saturated rings. The largest absolute Gasteiger partial charge is 0.402 e. The number of hydrogen-bond acceptors (Lipinski definition) is 8. The van der Waals surface area contributed by atoms with Crippen molar-refractivity contribution in [1.82, 2.24) is 24.8 Å². The number of hydrogen-bond donors (Lipinski definition) is 3. The fourth-order valence-corrected chi connectivity index (χ4v) is 4.59. The maximum Gasteiger partial charge on any atom is 0.229 e. The van der Waals surface area contributed by atoms with Gasteiger partial charge in [-0.3, -0.25) is 14.9 Å². The second kappa shape index (κ2) is 11.5. The first-order valence-electron chi connectivity index (χ1n) is 11.9. The van der Waals surface area contributed by atoms with Crippen molar-refractivity contribution in [2.24, 2.45) is 16.5 Å². The molecule has 188 valence electrons. The molecule has 10 heteroatoms. The van der Waals surface area contributed by atoms with Crippen LogP contribution in [0.3, 0.4) is 0 Å². The van der Waals surface area contributed by atoms with Crippen molar-refractivity contribution in [2.45, 2.75) is 46.1 Å². The van der Waals surface area contributed by atoms with E-state index in [-0.39, 0.29) is 11.7 Å². The van der Waals surface area contributed by atoms with Crippen molar-refractivity contribution in [3.8, 4) is 0 Å². The lowest BCUT2D eigenvalue weighted by atomic mass is 9.85. The number of benzene rings is 1. The molecule has 3 heterocycles. The molecule has 0 amide bonds. The van der Waals surface area contributed by atoms with Gasteiger partial charge in [-0.05, 0) is 81.5 Å². The summed E-state index contributed by atoms with van der Waals surface area (Å²) in [6.45, 7) is 8.92. The van der Waals surface area contributed by atoms with Gasteiger partial charge in [-0.25, -0.2) is 9.98 Å². The summed E-state index contributed by atoms with van der Waals surface area (Å²) >= 11 is 6.22. The third kappa shape index (κ3) is 6.56. The lowest BCUT2D eigenvalue weighted by Gasteiger charge is -2.33. The normalized spacial score (nSPS) is 15.8. The van der Waals surface area contributed by atoms with E-state index in [9.17, 15) is 0 Å². The molecule has 4 rings (SSSR count). The van der Waals surface area contributed by atoms with Crippen LogP contribution in [-0.4, -0.2) is 43.8 Å². The molecule has 36 heavy (non-hydrogen) atoms. The number of nitrogens with one attached hydrogen (secondary N) is 1. The molecule has 5 N–H and O–H groups in total. The van der Waals surface area contributed by atoms with Crippen LogP contribution in [-0.2, 0) is 6.54 Å². The third-order valence-corrected chi connectivity index (χ3v) is 6.49. The van der Waals surface area contributed by atoms with E-state index in [4.69, 9.17) is 23.1 Å². The van der Waals surface area contributed by atoms with Crippen LogP contribution in [0, 0.1) is 13.8 Å². The van der Waals surface area contributed by atoms with Crippen LogP contribution in [0.1, 0.15) is 48.1 Å². The van der Waals surface area contributed by atoms with Gasteiger partial charge in [0.1, 0.15) is 10.9 Å². The Balaban J connectivity index is 1.45. The van der Waals surface area contributed by atoms with Gasteiger partial charge in [0.2, 0.25) is 5.95 Å². The van der Waals surface area contributed by atoms with Gasteiger partial charge in [-0.1, -0.05) is 17.7 Å². The van der Waals surface area contributed by atoms with E-state index in [0.29, 0.717) is 22.6 Å². The molecule has 0 saturated carbocycles. The number of piperidine rings is 1. The minimum atomic E-state index is 0.223. The predicted octanol–water partition coefficient (Wildman–Crippen LogP) is 4.51. The summed E-state index contributed by atoms with van der Waals surface area (Å²) in [5, 5.41) is 3.61. The molecule has 0 spiro atoms. The zero-order valence-corrected chi connectivity index (χ0v) is 21.6. The molecule has 1 aliphatic heterocycles. The van der Waals surface area contributed by atoms with Crippen molar-refractivity contribution >= 4 is 34.9 Å². The van der Waals surface area contributed by atoms with Crippen LogP contribution in [0.25, 0.3) is 0 Å². The number of allylic oxidation sites excluding steroid dienone is 1. The van der Waals surface area contributed by atoms with E-state index in [1.54, 1.807) is 25.4 Å². The number of nitrogens with zero attached hydrogens (tertiary/aromatic N) is 6. The van der Waals surface area contributed by atoms with E-state index in [0.717, 1.165) is 49.4 Å². The van der Waals surface area contributed by atoms with E-state index in [1.807, 2.05) is 6.20 Å². The molecule has 0 radical (unpaired) electrons. The number of aliphatic imine (C=N–C) groups is 1. The quantitative estimate of drug-likeness (QED) is 0.315. The molecule has 2 aromatic heterocycles. The Morgan fingerprint density at radius 3 is 2.61 bits per heavy atom. The minimum absolute atomic E-state index is 0.223. The first-order valence-corrected chi connectivity index (χ1v) is 12.3. The fraction of sp³-hybridized carbons (Fsp3) is 0.346. The van der Waals surface area contributed by atoms with Crippen molar-refractivity contribution in [2.75, 3.05) is 18.4 Å². The van der Waals surface area contributed by atoms with E-state index in [1.165, 1.54) is 17.3 Å². The van der Waals surface area contributed by atoms with Gasteiger partial charge < -0.3 is 16.8 Å². The highest BCUT2D eigenvalue weighted by Crippen LogP contribution is 2.34. The number of nitrogens with two attached hydrogens (primary N) is 2. The van der Waals surface area contributed by atoms with Gasteiger partial charge in [0.25, 0.3) is 0 Å². The summed E-state index contributed by atoms with van der Waals surface area (Å²) in [7, 11) is 0. The lowest BCUT2D eigenvalue weighted by molar-refractivity contribution is 0.202. The Labute approximate surface area is 216 Å². The Kier molecular flexibility index (Phi) is 8.12. The number of amidine groups is 1. The van der Waals surface area contributed by atoms with E-state index in [2.05, 4.69) is 61.1 Å². The van der Waals surface area contributed by atoms with Gasteiger partial charge in [0.15, 0.2) is 5.82 Å². The number of rotatable bonds is 7. The molecule has 1 aliphatic rings. The topological polar surface area (TPSA) is 131 Å². The Hall–Kier alpha value is -3.56. The molecule has 1 saturated heterocycles. The average Bonchev–Trinajstić information content (AvgIpc) is 2.84. The fourth-order valence-electron chi connectivity index (χ4n) is 4.46. The number of anilines is 2. The summed E-state index contributed by atoms with van der Waals surface area (Å²) < 4.78 is 0. The van der Waals surface area contributed by atoms with E-state index >= 15 is 0 Å². The molecule has 3 aromatic rings. The smallest absolute Gasteiger partial charge is 0.229 e. The summed E-state index contributed by atoms with van der Waals surface area (Å²) in [6, 6.07) is 4.44. The first-order chi connectivity index (χ1) is 17.3. The van der Waals surface area contributed by atoms with Crippen LogP contribution in [0.4, 0.5) is 17.5 Å². The molecule has 0 unspecified atom stereocenters. The van der Waals surface area contributed by atoms with Gasteiger partial charge in [-0.15, -0.1) is 0 Å². The zero-order chi connectivity index (χ0) is 25.7. The predicted molar refractivity (Wildman–Crippen MR) is 145 cm³/mol. The second-order valence-electron chi connectivity index (χ2n) is 9.19.